The fourth-order valence-corrected chi connectivity index (χ4v) is 0. The van der Waals surface area contributed by atoms with E-state index in [2.05, 4.69) is 12.6 Å². The Kier molecular flexibility index (Phi) is 5.33. The Balaban J connectivity index is 0. The number of hydrogen-bond acceptors (Lipinski definition) is 3. The zero-order chi connectivity index (χ0) is 5.21. The number of halogens is 1. The SMILES string of the molecule is CCC(N)(N)S.Cl. The molecule has 0 aliphatic heterocycles. The Morgan fingerprint density at radius 1 is 1.57 bits per heavy atom. The Labute approximate surface area is 55.5 Å². The summed E-state index contributed by atoms with van der Waals surface area (Å²) in [5.41, 5.74) is 10.4. The van der Waals surface area contributed by atoms with Gasteiger partial charge >= 0.3 is 0 Å². The first-order valence-corrected chi connectivity index (χ1v) is 2.31. The Morgan fingerprint density at radius 3 is 1.71 bits per heavy atom. The quantitative estimate of drug-likeness (QED) is 0.365. The molecule has 7 heavy (non-hydrogen) atoms. The topological polar surface area (TPSA) is 52.0 Å². The summed E-state index contributed by atoms with van der Waals surface area (Å²) in [6, 6.07) is 0. The van der Waals surface area contributed by atoms with Crippen LogP contribution < -0.4 is 11.5 Å². The predicted molar refractivity (Wildman–Crippen MR) is 37.6 cm³/mol. The maximum absolute atomic E-state index is 5.18. The standard InChI is InChI=1S/C3H10N2S.ClH/c1-2-3(4,5)6;/h6H,2,4-5H2,1H3;1H. The zero-order valence-corrected chi connectivity index (χ0v) is 5.93. The lowest BCUT2D eigenvalue weighted by molar-refractivity contribution is 0.625. The molecule has 0 saturated carbocycles. The minimum absolute atomic E-state index is 0. The molecular formula is C3H11ClN2S. The van der Waals surface area contributed by atoms with Gasteiger partial charge in [-0.25, -0.2) is 0 Å². The van der Waals surface area contributed by atoms with Crippen molar-refractivity contribution in [3.8, 4) is 0 Å². The van der Waals surface area contributed by atoms with Crippen LogP contribution in [0.1, 0.15) is 13.3 Å². The molecule has 0 fully saturated rings. The summed E-state index contributed by atoms with van der Waals surface area (Å²) in [5.74, 6) is 0. The molecule has 4 heteroatoms. The summed E-state index contributed by atoms with van der Waals surface area (Å²) in [6.45, 7) is 1.88. The highest BCUT2D eigenvalue weighted by Crippen LogP contribution is 1.98. The molecule has 0 aliphatic carbocycles. The molecule has 46 valence electrons. The largest absolute Gasteiger partial charge is 0.305 e. The Hall–Kier alpha value is 0.560. The number of thiol groups is 1. The summed E-state index contributed by atoms with van der Waals surface area (Å²) in [7, 11) is 0. The molecule has 2 nitrogen and oxygen atoms in total. The Bertz CT molecular complexity index is 42.7. The predicted octanol–water partition coefficient (Wildman–Crippen LogP) is 0.319. The average molecular weight is 143 g/mol. The van der Waals surface area contributed by atoms with Crippen LogP contribution in [0.3, 0.4) is 0 Å². The van der Waals surface area contributed by atoms with Crippen LogP contribution in [-0.4, -0.2) is 4.99 Å². The second-order valence-electron chi connectivity index (χ2n) is 1.34. The van der Waals surface area contributed by atoms with Crippen LogP contribution in [0.15, 0.2) is 0 Å². The lowest BCUT2D eigenvalue weighted by atomic mass is 10.4. The number of rotatable bonds is 1. The van der Waals surface area contributed by atoms with Crippen LogP contribution in [-0.2, 0) is 0 Å². The maximum atomic E-state index is 5.18. The first kappa shape index (κ1) is 10.5. The smallest absolute Gasteiger partial charge is 0.109 e. The first-order chi connectivity index (χ1) is 2.56. The third-order valence-corrected chi connectivity index (χ3v) is 0.883. The third-order valence-electron chi connectivity index (χ3n) is 0.566. The maximum Gasteiger partial charge on any atom is 0.109 e. The Morgan fingerprint density at radius 2 is 1.71 bits per heavy atom. The van der Waals surface area contributed by atoms with Gasteiger partial charge in [0, 0.05) is 0 Å². The van der Waals surface area contributed by atoms with Crippen LogP contribution in [0.4, 0.5) is 0 Å². The number of hydrogen-bond donors (Lipinski definition) is 3. The minimum Gasteiger partial charge on any atom is -0.305 e. The van der Waals surface area contributed by atoms with Crippen LogP contribution in [0.2, 0.25) is 0 Å². The van der Waals surface area contributed by atoms with E-state index in [1.165, 1.54) is 0 Å². The second kappa shape index (κ2) is 3.55. The third kappa shape index (κ3) is 10.8. The van der Waals surface area contributed by atoms with Gasteiger partial charge < -0.3 is 11.5 Å². The minimum atomic E-state index is -0.764. The summed E-state index contributed by atoms with van der Waals surface area (Å²) < 4.78 is 0. The van der Waals surface area contributed by atoms with Crippen molar-refractivity contribution in [2.45, 2.75) is 18.3 Å². The van der Waals surface area contributed by atoms with Crippen molar-refractivity contribution in [2.24, 2.45) is 11.5 Å². The van der Waals surface area contributed by atoms with E-state index in [1.54, 1.807) is 0 Å². The van der Waals surface area contributed by atoms with E-state index < -0.39 is 4.99 Å². The van der Waals surface area contributed by atoms with E-state index >= 15 is 0 Å². The van der Waals surface area contributed by atoms with E-state index in [-0.39, 0.29) is 12.4 Å². The van der Waals surface area contributed by atoms with Gasteiger partial charge in [0.15, 0.2) is 0 Å². The van der Waals surface area contributed by atoms with E-state index in [1.807, 2.05) is 6.92 Å². The van der Waals surface area contributed by atoms with Gasteiger partial charge in [-0.2, -0.15) is 0 Å². The molecule has 0 radical (unpaired) electrons. The van der Waals surface area contributed by atoms with Crippen LogP contribution in [0.5, 0.6) is 0 Å². The van der Waals surface area contributed by atoms with Gasteiger partial charge in [0.1, 0.15) is 4.99 Å². The lowest BCUT2D eigenvalue weighted by Crippen LogP contribution is -2.42. The molecule has 0 aromatic rings. The highest BCUT2D eigenvalue weighted by Gasteiger charge is 2.05. The van der Waals surface area contributed by atoms with Crippen molar-refractivity contribution in [2.75, 3.05) is 0 Å². The van der Waals surface area contributed by atoms with Gasteiger partial charge in [-0.1, -0.05) is 6.92 Å². The molecule has 0 aromatic heterocycles. The van der Waals surface area contributed by atoms with Crippen molar-refractivity contribution in [1.82, 2.24) is 0 Å². The van der Waals surface area contributed by atoms with Gasteiger partial charge in [0.25, 0.3) is 0 Å². The van der Waals surface area contributed by atoms with E-state index in [0.717, 1.165) is 0 Å². The van der Waals surface area contributed by atoms with E-state index in [4.69, 9.17) is 11.5 Å². The molecular weight excluding hydrogens is 132 g/mol. The van der Waals surface area contributed by atoms with Crippen LogP contribution >= 0.6 is 25.0 Å². The van der Waals surface area contributed by atoms with Gasteiger partial charge in [0.05, 0.1) is 0 Å². The summed E-state index contributed by atoms with van der Waals surface area (Å²) in [4.78, 5) is -0.764. The molecule has 0 atom stereocenters. The summed E-state index contributed by atoms with van der Waals surface area (Å²) in [5, 5.41) is 0. The van der Waals surface area contributed by atoms with E-state index in [0.29, 0.717) is 6.42 Å². The summed E-state index contributed by atoms with van der Waals surface area (Å²) >= 11 is 3.81. The van der Waals surface area contributed by atoms with Gasteiger partial charge in [0.2, 0.25) is 0 Å². The molecule has 4 N–H and O–H groups in total. The fraction of sp³-hybridized carbons (Fsp3) is 1.00. The van der Waals surface area contributed by atoms with Crippen molar-refractivity contribution in [3.63, 3.8) is 0 Å². The van der Waals surface area contributed by atoms with Crippen molar-refractivity contribution < 1.29 is 0 Å². The average Bonchev–Trinajstić information content (AvgIpc) is 1.35. The molecule has 0 aromatic carbocycles. The molecule has 0 heterocycles. The van der Waals surface area contributed by atoms with Crippen molar-refractivity contribution in [1.29, 1.82) is 0 Å². The lowest BCUT2D eigenvalue weighted by Gasteiger charge is -2.12. The molecule has 0 bridgehead atoms. The number of nitrogens with two attached hydrogens (primary N) is 2. The van der Waals surface area contributed by atoms with E-state index in [9.17, 15) is 0 Å². The summed E-state index contributed by atoms with van der Waals surface area (Å²) in [6.07, 6.45) is 0.691. The molecule has 0 unspecified atom stereocenters. The molecule has 0 rings (SSSR count). The first-order valence-electron chi connectivity index (χ1n) is 1.86. The second-order valence-corrected chi connectivity index (χ2v) is 2.18. The molecule has 0 aliphatic rings. The van der Waals surface area contributed by atoms with Gasteiger partial charge in [-0.15, -0.1) is 25.0 Å². The molecule has 0 saturated heterocycles. The normalized spacial score (nSPS) is 10.3. The van der Waals surface area contributed by atoms with Crippen molar-refractivity contribution in [3.05, 3.63) is 0 Å². The van der Waals surface area contributed by atoms with Crippen LogP contribution in [0, 0.1) is 0 Å². The molecule has 0 spiro atoms. The van der Waals surface area contributed by atoms with Gasteiger partial charge in [-0.05, 0) is 6.42 Å². The monoisotopic (exact) mass is 142 g/mol. The van der Waals surface area contributed by atoms with Crippen molar-refractivity contribution >= 4 is 25.0 Å². The fourth-order valence-electron chi connectivity index (χ4n) is 0. The van der Waals surface area contributed by atoms with Crippen LogP contribution in [0.25, 0.3) is 0 Å². The highest BCUT2D eigenvalue weighted by atomic mass is 35.5. The molecule has 0 amide bonds. The zero-order valence-electron chi connectivity index (χ0n) is 4.22. The van der Waals surface area contributed by atoms with Gasteiger partial charge in [-0.3, -0.25) is 0 Å². The highest BCUT2D eigenvalue weighted by molar-refractivity contribution is 7.81.